The molecule has 0 fully saturated rings. The number of aromatic nitrogens is 2. The van der Waals surface area contributed by atoms with Crippen molar-refractivity contribution in [1.82, 2.24) is 9.97 Å². The quantitative estimate of drug-likeness (QED) is 0.354. The van der Waals surface area contributed by atoms with E-state index in [-0.39, 0.29) is 41.5 Å². The average Bonchev–Trinajstić information content (AvgIpc) is 3.10. The minimum Gasteiger partial charge on any atom is -0.460 e. The maximum Gasteiger partial charge on any atom is 0.340 e. The molecule has 33 heavy (non-hydrogen) atoms. The number of nitrogens with zero attached hydrogens (tertiary/aromatic N) is 1. The highest BCUT2D eigenvalue weighted by Crippen LogP contribution is 2.26. The van der Waals surface area contributed by atoms with Crippen molar-refractivity contribution < 1.29 is 28.2 Å². The molecule has 0 saturated heterocycles. The van der Waals surface area contributed by atoms with Crippen LogP contribution in [0.3, 0.4) is 0 Å². The number of carbonyl (C=O) groups excluding carboxylic acids is 3. The molecule has 0 aliphatic heterocycles. The molecular weight excluding hydrogens is 431 g/mol. The van der Waals surface area contributed by atoms with Gasteiger partial charge in [0.15, 0.2) is 0 Å². The lowest BCUT2D eigenvalue weighted by molar-refractivity contribution is 0.0386. The summed E-state index contributed by atoms with van der Waals surface area (Å²) in [6.45, 7) is 3.55. The summed E-state index contributed by atoms with van der Waals surface area (Å²) in [6, 6.07) is 8.41. The second-order valence-electron chi connectivity index (χ2n) is 7.07. The minimum absolute atomic E-state index is 0.0418. The topological polar surface area (TPSA) is 122 Å². The number of hydrogen-bond donors (Lipinski definition) is 3. The van der Waals surface area contributed by atoms with Crippen molar-refractivity contribution in [3.8, 4) is 0 Å². The molecule has 2 amide bonds. The van der Waals surface area contributed by atoms with E-state index in [0.29, 0.717) is 11.3 Å². The minimum atomic E-state index is -0.620. The predicted octanol–water partition coefficient (Wildman–Crippen LogP) is 3.47. The molecule has 0 saturated carbocycles. The Kier molecular flexibility index (Phi) is 7.52. The number of benzene rings is 1. The van der Waals surface area contributed by atoms with Crippen LogP contribution in [-0.4, -0.2) is 48.1 Å². The summed E-state index contributed by atoms with van der Waals surface area (Å²) >= 11 is 0. The van der Waals surface area contributed by atoms with E-state index in [1.54, 1.807) is 26.0 Å². The fourth-order valence-corrected chi connectivity index (χ4v) is 3.17. The third-order valence-electron chi connectivity index (χ3n) is 4.76. The van der Waals surface area contributed by atoms with Gasteiger partial charge in [-0.2, -0.15) is 0 Å². The maximum absolute atomic E-state index is 13.9. The molecule has 9 nitrogen and oxygen atoms in total. The van der Waals surface area contributed by atoms with Gasteiger partial charge in [-0.25, -0.2) is 9.18 Å². The monoisotopic (exact) mass is 454 g/mol. The number of carbonyl (C=O) groups is 3. The molecule has 2 aromatic heterocycles. The van der Waals surface area contributed by atoms with E-state index in [1.807, 2.05) is 0 Å². The van der Waals surface area contributed by atoms with Gasteiger partial charge in [0.05, 0.1) is 23.5 Å². The fraction of sp³-hybridized carbons (Fsp3) is 0.217. The summed E-state index contributed by atoms with van der Waals surface area (Å²) in [5.41, 5.74) is 1.55. The molecule has 2 heterocycles. The molecule has 3 rings (SSSR count). The molecule has 3 aromatic rings. The van der Waals surface area contributed by atoms with Crippen LogP contribution in [0.4, 0.5) is 15.8 Å². The molecule has 0 aliphatic rings. The zero-order valence-electron chi connectivity index (χ0n) is 18.3. The van der Waals surface area contributed by atoms with E-state index < -0.39 is 23.6 Å². The molecule has 0 aliphatic carbocycles. The Bertz CT molecular complexity index is 1180. The molecule has 0 radical (unpaired) electrons. The summed E-state index contributed by atoms with van der Waals surface area (Å²) < 4.78 is 23.9. The van der Waals surface area contributed by atoms with E-state index in [9.17, 15) is 18.8 Å². The van der Waals surface area contributed by atoms with Crippen molar-refractivity contribution >= 4 is 29.2 Å². The van der Waals surface area contributed by atoms with Crippen LogP contribution < -0.4 is 10.6 Å². The van der Waals surface area contributed by atoms with E-state index in [4.69, 9.17) is 9.47 Å². The Balaban J connectivity index is 1.82. The third-order valence-corrected chi connectivity index (χ3v) is 4.76. The molecular formula is C23H23FN4O5. The van der Waals surface area contributed by atoms with Gasteiger partial charge in [-0.1, -0.05) is 6.07 Å². The van der Waals surface area contributed by atoms with Gasteiger partial charge in [0.1, 0.15) is 23.8 Å². The van der Waals surface area contributed by atoms with Gasteiger partial charge in [0.25, 0.3) is 11.8 Å². The highest BCUT2D eigenvalue weighted by atomic mass is 19.1. The number of amides is 2. The van der Waals surface area contributed by atoms with Crippen LogP contribution in [0.15, 0.2) is 42.6 Å². The van der Waals surface area contributed by atoms with Crippen LogP contribution in [0.5, 0.6) is 0 Å². The zero-order valence-corrected chi connectivity index (χ0v) is 18.3. The van der Waals surface area contributed by atoms with Crippen LogP contribution >= 0.6 is 0 Å². The average molecular weight is 454 g/mol. The number of hydrogen-bond acceptors (Lipinski definition) is 6. The van der Waals surface area contributed by atoms with Crippen molar-refractivity contribution in [3.05, 3.63) is 76.6 Å². The highest BCUT2D eigenvalue weighted by molar-refractivity contribution is 6.10. The number of esters is 1. The lowest BCUT2D eigenvalue weighted by Gasteiger charge is -2.12. The number of rotatable bonds is 8. The van der Waals surface area contributed by atoms with Crippen LogP contribution in [0.1, 0.15) is 42.6 Å². The normalized spacial score (nSPS) is 10.5. The van der Waals surface area contributed by atoms with Gasteiger partial charge in [0.2, 0.25) is 0 Å². The number of nitrogens with one attached hydrogen (secondary N) is 3. The number of pyridine rings is 1. The highest BCUT2D eigenvalue weighted by Gasteiger charge is 2.24. The Labute approximate surface area is 189 Å². The SMILES string of the molecule is COCCOC(=O)c1c(C)[nH]c(C(=O)Nc2cc(F)ccc2NC(=O)c2ccccn2)c1C. The van der Waals surface area contributed by atoms with Crippen molar-refractivity contribution in [2.24, 2.45) is 0 Å². The standard InChI is InChI=1S/C23H23FN4O5/c1-13-19(23(31)33-11-10-32-3)14(2)26-20(13)22(30)28-18-12-15(24)7-8-16(18)27-21(29)17-6-4-5-9-25-17/h4-9,12,26H,10-11H2,1-3H3,(H,27,29)(H,28,30). The Morgan fingerprint density at radius 1 is 1.03 bits per heavy atom. The molecule has 0 bridgehead atoms. The molecule has 0 spiro atoms. The lowest BCUT2D eigenvalue weighted by atomic mass is 10.1. The van der Waals surface area contributed by atoms with Crippen LogP contribution in [0, 0.1) is 19.7 Å². The first-order chi connectivity index (χ1) is 15.8. The summed E-state index contributed by atoms with van der Waals surface area (Å²) in [5.74, 6) is -2.34. The second-order valence-corrected chi connectivity index (χ2v) is 7.07. The van der Waals surface area contributed by atoms with Gasteiger partial charge in [-0.15, -0.1) is 0 Å². The zero-order chi connectivity index (χ0) is 24.0. The molecule has 1 aromatic carbocycles. The Morgan fingerprint density at radius 2 is 1.79 bits per heavy atom. The van der Waals surface area contributed by atoms with Crippen molar-refractivity contribution in [2.75, 3.05) is 31.0 Å². The van der Waals surface area contributed by atoms with Gasteiger partial charge >= 0.3 is 5.97 Å². The van der Waals surface area contributed by atoms with E-state index in [0.717, 1.165) is 12.1 Å². The van der Waals surface area contributed by atoms with Crippen molar-refractivity contribution in [1.29, 1.82) is 0 Å². The Hall–Kier alpha value is -4.05. The van der Waals surface area contributed by atoms with Crippen molar-refractivity contribution in [3.63, 3.8) is 0 Å². The summed E-state index contributed by atoms with van der Waals surface area (Å²) in [7, 11) is 1.49. The molecule has 0 unspecified atom stereocenters. The largest absolute Gasteiger partial charge is 0.460 e. The summed E-state index contributed by atoms with van der Waals surface area (Å²) in [5, 5.41) is 5.19. The number of halogens is 1. The molecule has 172 valence electrons. The number of methoxy groups -OCH3 is 1. The number of aryl methyl sites for hydroxylation is 1. The van der Waals surface area contributed by atoms with Gasteiger partial charge in [0, 0.05) is 19.0 Å². The smallest absolute Gasteiger partial charge is 0.340 e. The first-order valence-corrected chi connectivity index (χ1v) is 10.00. The van der Waals surface area contributed by atoms with Crippen LogP contribution in [-0.2, 0) is 9.47 Å². The van der Waals surface area contributed by atoms with Crippen LogP contribution in [0.25, 0.3) is 0 Å². The van der Waals surface area contributed by atoms with Gasteiger partial charge in [-0.3, -0.25) is 14.6 Å². The Morgan fingerprint density at radius 3 is 2.48 bits per heavy atom. The molecule has 0 atom stereocenters. The van der Waals surface area contributed by atoms with Crippen molar-refractivity contribution in [2.45, 2.75) is 13.8 Å². The number of anilines is 2. The summed E-state index contributed by atoms with van der Waals surface area (Å²) in [6.07, 6.45) is 1.47. The predicted molar refractivity (Wildman–Crippen MR) is 119 cm³/mol. The number of ether oxygens (including phenoxy) is 2. The van der Waals surface area contributed by atoms with Gasteiger partial charge < -0.3 is 25.1 Å². The maximum atomic E-state index is 13.9. The first kappa shape index (κ1) is 23.6. The molecule has 3 N–H and O–H groups in total. The van der Waals surface area contributed by atoms with E-state index in [1.165, 1.54) is 25.4 Å². The fourth-order valence-electron chi connectivity index (χ4n) is 3.17. The molecule has 10 heteroatoms. The van der Waals surface area contributed by atoms with Crippen LogP contribution in [0.2, 0.25) is 0 Å². The first-order valence-electron chi connectivity index (χ1n) is 10.00. The second kappa shape index (κ2) is 10.5. The van der Waals surface area contributed by atoms with Gasteiger partial charge in [-0.05, 0) is 49.7 Å². The number of aromatic amines is 1. The van der Waals surface area contributed by atoms with E-state index in [2.05, 4.69) is 20.6 Å². The number of H-pyrrole nitrogens is 1. The van der Waals surface area contributed by atoms with E-state index >= 15 is 0 Å². The summed E-state index contributed by atoms with van der Waals surface area (Å²) in [4.78, 5) is 44.6. The lowest BCUT2D eigenvalue weighted by Crippen LogP contribution is -2.18. The third kappa shape index (κ3) is 5.60.